The average Bonchev–Trinajstić information content (AvgIpc) is 2.74. The van der Waals surface area contributed by atoms with E-state index in [-0.39, 0.29) is 0 Å². The predicted octanol–water partition coefficient (Wildman–Crippen LogP) is 2.31. The molecule has 2 rings (SSSR count). The van der Waals surface area contributed by atoms with Crippen molar-refractivity contribution in [2.24, 2.45) is 5.92 Å². The molecule has 0 atom stereocenters. The molecule has 1 N–H and O–H groups in total. The van der Waals surface area contributed by atoms with Crippen LogP contribution < -0.4 is 0 Å². The molecule has 17 heavy (non-hydrogen) atoms. The Kier molecular flexibility index (Phi) is 3.89. The molecule has 0 amide bonds. The third kappa shape index (κ3) is 3.58. The van der Waals surface area contributed by atoms with Crippen LogP contribution in [-0.2, 0) is 6.42 Å². The highest BCUT2D eigenvalue weighted by Gasteiger charge is 2.32. The van der Waals surface area contributed by atoms with Gasteiger partial charge >= 0.3 is 0 Å². The molecule has 96 valence electrons. The van der Waals surface area contributed by atoms with Crippen molar-refractivity contribution in [3.8, 4) is 0 Å². The van der Waals surface area contributed by atoms with Crippen LogP contribution in [0.3, 0.4) is 0 Å². The summed E-state index contributed by atoms with van der Waals surface area (Å²) in [6.07, 6.45) is 5.86. The molecule has 0 saturated carbocycles. The van der Waals surface area contributed by atoms with E-state index in [0.29, 0.717) is 5.92 Å². The van der Waals surface area contributed by atoms with Gasteiger partial charge in [-0.05, 0) is 30.4 Å². The van der Waals surface area contributed by atoms with Crippen molar-refractivity contribution >= 4 is 0 Å². The highest BCUT2D eigenvalue weighted by molar-refractivity contribution is 5.10. The molecule has 0 unspecified atom stereocenters. The van der Waals surface area contributed by atoms with Crippen molar-refractivity contribution in [2.45, 2.75) is 38.7 Å². The smallest absolute Gasteiger partial charge is 0.0935 e. The van der Waals surface area contributed by atoms with Crippen molar-refractivity contribution in [1.82, 2.24) is 4.90 Å². The number of nitrogens with zero attached hydrogens (tertiary/aromatic N) is 1. The van der Waals surface area contributed by atoms with Crippen LogP contribution in [0.15, 0.2) is 23.0 Å². The van der Waals surface area contributed by atoms with Crippen LogP contribution in [0, 0.1) is 5.92 Å². The summed E-state index contributed by atoms with van der Waals surface area (Å²) >= 11 is 0. The second kappa shape index (κ2) is 5.23. The zero-order valence-electron chi connectivity index (χ0n) is 10.9. The number of likely N-dealkylation sites (tertiary alicyclic amines) is 1. The fourth-order valence-electron chi connectivity index (χ4n) is 2.62. The summed E-state index contributed by atoms with van der Waals surface area (Å²) in [5.41, 5.74) is 0.571. The Morgan fingerprint density at radius 2 is 2.12 bits per heavy atom. The van der Waals surface area contributed by atoms with Gasteiger partial charge in [0.25, 0.3) is 0 Å². The zero-order chi connectivity index (χ0) is 12.3. The van der Waals surface area contributed by atoms with Gasteiger partial charge in [0.1, 0.15) is 0 Å². The van der Waals surface area contributed by atoms with Crippen molar-refractivity contribution in [3.05, 3.63) is 24.2 Å². The Hall–Kier alpha value is -0.800. The van der Waals surface area contributed by atoms with Crippen LogP contribution in [0.25, 0.3) is 0 Å². The minimum atomic E-state index is -0.530. The molecule has 0 spiro atoms. The van der Waals surface area contributed by atoms with E-state index in [9.17, 15) is 5.11 Å². The molecule has 0 aliphatic carbocycles. The summed E-state index contributed by atoms with van der Waals surface area (Å²) in [6.45, 7) is 7.64. The molecule has 1 saturated heterocycles. The summed E-state index contributed by atoms with van der Waals surface area (Å²) in [5.74, 6) is 0.704. The summed E-state index contributed by atoms with van der Waals surface area (Å²) in [6, 6.07) is 1.94. The van der Waals surface area contributed by atoms with Gasteiger partial charge in [0.15, 0.2) is 0 Å². The van der Waals surface area contributed by atoms with E-state index in [2.05, 4.69) is 18.7 Å². The second-order valence-corrected chi connectivity index (χ2v) is 5.73. The molecular formula is C14H23NO2. The van der Waals surface area contributed by atoms with Crippen molar-refractivity contribution in [1.29, 1.82) is 0 Å². The number of rotatable bonds is 4. The van der Waals surface area contributed by atoms with Gasteiger partial charge in [0.2, 0.25) is 0 Å². The zero-order valence-corrected chi connectivity index (χ0v) is 10.9. The van der Waals surface area contributed by atoms with Gasteiger partial charge < -0.3 is 14.4 Å². The molecule has 1 aromatic heterocycles. The lowest BCUT2D eigenvalue weighted by Crippen LogP contribution is -2.46. The maximum absolute atomic E-state index is 10.5. The van der Waals surface area contributed by atoms with E-state index >= 15 is 0 Å². The first-order valence-corrected chi connectivity index (χ1v) is 6.53. The van der Waals surface area contributed by atoms with Crippen LogP contribution in [0.4, 0.5) is 0 Å². The quantitative estimate of drug-likeness (QED) is 0.873. The second-order valence-electron chi connectivity index (χ2n) is 5.73. The molecule has 1 aliphatic heterocycles. The minimum Gasteiger partial charge on any atom is -0.472 e. The highest BCUT2D eigenvalue weighted by atomic mass is 16.3. The molecule has 2 heterocycles. The van der Waals surface area contributed by atoms with Gasteiger partial charge in [-0.1, -0.05) is 13.8 Å². The number of hydrogen-bond acceptors (Lipinski definition) is 3. The Bertz CT molecular complexity index is 324. The molecule has 0 radical (unpaired) electrons. The first-order chi connectivity index (χ1) is 8.07. The van der Waals surface area contributed by atoms with Crippen LogP contribution in [0.5, 0.6) is 0 Å². The van der Waals surface area contributed by atoms with E-state index in [1.807, 2.05) is 6.07 Å². The Labute approximate surface area is 103 Å². The third-order valence-electron chi connectivity index (χ3n) is 3.52. The summed E-state index contributed by atoms with van der Waals surface area (Å²) in [5, 5.41) is 10.5. The number of hydrogen-bond donors (Lipinski definition) is 1. The molecule has 1 aromatic rings. The van der Waals surface area contributed by atoms with E-state index in [0.717, 1.165) is 44.5 Å². The predicted molar refractivity (Wildman–Crippen MR) is 67.9 cm³/mol. The lowest BCUT2D eigenvalue weighted by Gasteiger charge is -2.38. The van der Waals surface area contributed by atoms with Gasteiger partial charge in [-0.3, -0.25) is 0 Å². The van der Waals surface area contributed by atoms with E-state index < -0.39 is 5.60 Å². The summed E-state index contributed by atoms with van der Waals surface area (Å²) in [4.78, 5) is 2.45. The lowest BCUT2D eigenvalue weighted by atomic mass is 9.86. The maximum Gasteiger partial charge on any atom is 0.0935 e. The molecule has 3 nitrogen and oxygen atoms in total. The number of furan rings is 1. The van der Waals surface area contributed by atoms with Crippen LogP contribution in [0.1, 0.15) is 32.3 Å². The fourth-order valence-corrected chi connectivity index (χ4v) is 2.62. The van der Waals surface area contributed by atoms with E-state index in [1.165, 1.54) is 0 Å². The summed E-state index contributed by atoms with van der Waals surface area (Å²) in [7, 11) is 0. The Morgan fingerprint density at radius 3 is 2.65 bits per heavy atom. The highest BCUT2D eigenvalue weighted by Crippen LogP contribution is 2.26. The van der Waals surface area contributed by atoms with E-state index in [4.69, 9.17) is 4.42 Å². The Balaban J connectivity index is 1.84. The number of piperidine rings is 1. The maximum atomic E-state index is 10.5. The van der Waals surface area contributed by atoms with Crippen LogP contribution in [-0.4, -0.2) is 35.2 Å². The monoisotopic (exact) mass is 237 g/mol. The third-order valence-corrected chi connectivity index (χ3v) is 3.52. The molecule has 0 aromatic carbocycles. The standard InChI is InChI=1S/C14H23NO2/c1-12(2)10-15-6-4-14(16,5-7-15)9-13-3-8-17-11-13/h3,8,11-12,16H,4-7,9-10H2,1-2H3. The van der Waals surface area contributed by atoms with Crippen LogP contribution in [0.2, 0.25) is 0 Å². The average molecular weight is 237 g/mol. The van der Waals surface area contributed by atoms with Crippen molar-refractivity contribution in [2.75, 3.05) is 19.6 Å². The molecule has 0 bridgehead atoms. The molecule has 1 aliphatic rings. The fraction of sp³-hybridized carbons (Fsp3) is 0.714. The molecule has 3 heteroatoms. The first-order valence-electron chi connectivity index (χ1n) is 6.53. The first kappa shape index (κ1) is 12.7. The Morgan fingerprint density at radius 1 is 1.41 bits per heavy atom. The minimum absolute atomic E-state index is 0.530. The van der Waals surface area contributed by atoms with E-state index in [1.54, 1.807) is 12.5 Å². The topological polar surface area (TPSA) is 36.6 Å². The van der Waals surface area contributed by atoms with Gasteiger partial charge in [0, 0.05) is 26.1 Å². The van der Waals surface area contributed by atoms with Gasteiger partial charge in [0.05, 0.1) is 18.1 Å². The summed E-state index contributed by atoms with van der Waals surface area (Å²) < 4.78 is 5.05. The molecule has 1 fully saturated rings. The lowest BCUT2D eigenvalue weighted by molar-refractivity contribution is -0.0228. The largest absolute Gasteiger partial charge is 0.472 e. The van der Waals surface area contributed by atoms with Crippen molar-refractivity contribution in [3.63, 3.8) is 0 Å². The molecular weight excluding hydrogens is 214 g/mol. The SMILES string of the molecule is CC(C)CN1CCC(O)(Cc2ccoc2)CC1. The van der Waals surface area contributed by atoms with Crippen LogP contribution >= 0.6 is 0 Å². The van der Waals surface area contributed by atoms with Crippen molar-refractivity contribution < 1.29 is 9.52 Å². The van der Waals surface area contributed by atoms with Gasteiger partial charge in [-0.15, -0.1) is 0 Å². The normalized spacial score (nSPS) is 20.9. The number of aliphatic hydroxyl groups is 1. The van der Waals surface area contributed by atoms with Gasteiger partial charge in [-0.25, -0.2) is 0 Å². The van der Waals surface area contributed by atoms with Gasteiger partial charge in [-0.2, -0.15) is 0 Å².